The minimum absolute atomic E-state index is 0.319. The molecule has 10 heteroatoms. The van der Waals surface area contributed by atoms with Crippen molar-refractivity contribution in [1.82, 2.24) is 9.55 Å². The topological polar surface area (TPSA) is 80.5 Å². The van der Waals surface area contributed by atoms with Gasteiger partial charge in [-0.3, -0.25) is 9.79 Å². The SMILES string of the molecule is Cn1c(NC2C(Cl)=CN=CC2Cl)nc2cc(C(=O)Nc3ccc(Br)cc3)c(Oc3ccccc3)cc21. The van der Waals surface area contributed by atoms with Crippen molar-refractivity contribution in [1.29, 1.82) is 0 Å². The monoisotopic (exact) mass is 583 g/mol. The molecule has 0 saturated carbocycles. The van der Waals surface area contributed by atoms with Gasteiger partial charge >= 0.3 is 0 Å². The lowest BCUT2D eigenvalue weighted by molar-refractivity contribution is 0.102. The summed E-state index contributed by atoms with van der Waals surface area (Å²) in [6.07, 6.45) is 3.17. The maximum Gasteiger partial charge on any atom is 0.259 e. The van der Waals surface area contributed by atoms with Crippen LogP contribution < -0.4 is 15.4 Å². The van der Waals surface area contributed by atoms with Gasteiger partial charge in [-0.15, -0.1) is 11.6 Å². The molecule has 0 fully saturated rings. The van der Waals surface area contributed by atoms with Crippen molar-refractivity contribution in [3.05, 3.63) is 88.0 Å². The summed E-state index contributed by atoms with van der Waals surface area (Å²) in [5.74, 6) is 1.23. The van der Waals surface area contributed by atoms with E-state index in [1.54, 1.807) is 24.5 Å². The zero-order valence-corrected chi connectivity index (χ0v) is 22.1. The molecule has 0 saturated heterocycles. The molecule has 2 atom stereocenters. The van der Waals surface area contributed by atoms with Crippen LogP contribution in [0.2, 0.25) is 0 Å². The highest BCUT2D eigenvalue weighted by Gasteiger charge is 2.26. The number of aromatic nitrogens is 2. The van der Waals surface area contributed by atoms with E-state index in [0.29, 0.717) is 39.2 Å². The van der Waals surface area contributed by atoms with Gasteiger partial charge in [-0.25, -0.2) is 4.98 Å². The summed E-state index contributed by atoms with van der Waals surface area (Å²) in [6.45, 7) is 0. The van der Waals surface area contributed by atoms with Crippen molar-refractivity contribution in [3.8, 4) is 11.5 Å². The number of fused-ring (bicyclic) bond motifs is 1. The first-order chi connectivity index (χ1) is 17.4. The number of hydrogen-bond donors (Lipinski definition) is 2. The van der Waals surface area contributed by atoms with E-state index in [1.807, 2.05) is 66.2 Å². The van der Waals surface area contributed by atoms with Crippen LogP contribution >= 0.6 is 39.1 Å². The van der Waals surface area contributed by atoms with Crippen LogP contribution in [0.15, 0.2) is 87.4 Å². The molecule has 5 rings (SSSR count). The van der Waals surface area contributed by atoms with Crippen LogP contribution in [0.25, 0.3) is 11.0 Å². The molecule has 2 heterocycles. The molecule has 0 bridgehead atoms. The summed E-state index contributed by atoms with van der Waals surface area (Å²) in [4.78, 5) is 22.1. The average molecular weight is 585 g/mol. The van der Waals surface area contributed by atoms with Gasteiger partial charge in [0, 0.05) is 35.7 Å². The van der Waals surface area contributed by atoms with E-state index >= 15 is 0 Å². The fraction of sp³-hybridized carbons (Fsp3) is 0.115. The summed E-state index contributed by atoms with van der Waals surface area (Å²) in [5, 5.41) is 6.25. The van der Waals surface area contributed by atoms with Crippen molar-refractivity contribution >= 4 is 73.9 Å². The molecule has 1 aliphatic heterocycles. The number of ether oxygens (including phenoxy) is 1. The van der Waals surface area contributed by atoms with E-state index in [4.69, 9.17) is 32.9 Å². The number of aliphatic imine (C=N–C) groups is 1. The Bertz CT molecular complexity index is 1490. The number of para-hydroxylation sites is 1. The van der Waals surface area contributed by atoms with E-state index < -0.39 is 5.38 Å². The largest absolute Gasteiger partial charge is 0.456 e. The molecule has 3 aromatic carbocycles. The van der Waals surface area contributed by atoms with Crippen molar-refractivity contribution in [2.75, 3.05) is 10.6 Å². The number of rotatable bonds is 6. The van der Waals surface area contributed by atoms with E-state index in [9.17, 15) is 4.79 Å². The maximum absolute atomic E-state index is 13.3. The number of aryl methyl sites for hydroxylation is 1. The number of amides is 1. The summed E-state index contributed by atoms with van der Waals surface area (Å²) in [7, 11) is 1.86. The Morgan fingerprint density at radius 1 is 1.11 bits per heavy atom. The lowest BCUT2D eigenvalue weighted by Gasteiger charge is -2.22. The normalized spacial score (nSPS) is 17.1. The van der Waals surface area contributed by atoms with E-state index in [2.05, 4.69) is 31.6 Å². The van der Waals surface area contributed by atoms with E-state index in [0.717, 1.165) is 9.99 Å². The van der Waals surface area contributed by atoms with Gasteiger partial charge in [0.25, 0.3) is 5.91 Å². The van der Waals surface area contributed by atoms with Crippen molar-refractivity contribution in [3.63, 3.8) is 0 Å². The first kappa shape index (κ1) is 24.4. The summed E-state index contributed by atoms with van der Waals surface area (Å²) in [6, 6.07) is 19.8. The number of nitrogens with zero attached hydrogens (tertiary/aromatic N) is 3. The quantitative estimate of drug-likeness (QED) is 0.241. The fourth-order valence-corrected chi connectivity index (χ4v) is 4.60. The standard InChI is InChI=1S/C26H20BrCl2N5O2/c1-34-22-12-23(36-17-5-3-2-4-6-17)18(25(35)31-16-9-7-15(27)8-10-16)11-21(22)32-26(34)33-24-19(28)13-30-14-20(24)29/h2-14,19,24H,1H3,(H,31,35)(H,32,33). The summed E-state index contributed by atoms with van der Waals surface area (Å²) >= 11 is 16.1. The molecule has 182 valence electrons. The van der Waals surface area contributed by atoms with Crippen LogP contribution in [0.4, 0.5) is 11.6 Å². The Labute approximate surface area is 225 Å². The molecule has 4 aromatic rings. The highest BCUT2D eigenvalue weighted by atomic mass is 79.9. The Morgan fingerprint density at radius 3 is 2.58 bits per heavy atom. The molecule has 1 aliphatic rings. The smallest absolute Gasteiger partial charge is 0.259 e. The van der Waals surface area contributed by atoms with Gasteiger partial charge < -0.3 is 19.9 Å². The molecule has 7 nitrogen and oxygen atoms in total. The second-order valence-electron chi connectivity index (χ2n) is 8.09. The number of anilines is 2. The molecule has 1 amide bonds. The van der Waals surface area contributed by atoms with Gasteiger partial charge in [-0.1, -0.05) is 45.7 Å². The van der Waals surface area contributed by atoms with Crippen molar-refractivity contribution in [2.45, 2.75) is 11.4 Å². The van der Waals surface area contributed by atoms with Gasteiger partial charge in [0.15, 0.2) is 0 Å². The fourth-order valence-electron chi connectivity index (χ4n) is 3.76. The number of alkyl halides is 1. The Hall–Kier alpha value is -3.33. The number of nitrogens with one attached hydrogen (secondary N) is 2. The number of benzene rings is 3. The predicted octanol–water partition coefficient (Wildman–Crippen LogP) is 6.93. The number of hydrogen-bond acceptors (Lipinski definition) is 5. The molecule has 36 heavy (non-hydrogen) atoms. The van der Waals surface area contributed by atoms with Gasteiger partial charge in [0.05, 0.1) is 33.0 Å². The predicted molar refractivity (Wildman–Crippen MR) is 149 cm³/mol. The molecular formula is C26H20BrCl2N5O2. The third-order valence-electron chi connectivity index (χ3n) is 5.63. The molecular weight excluding hydrogens is 565 g/mol. The third-order valence-corrected chi connectivity index (χ3v) is 6.85. The summed E-state index contributed by atoms with van der Waals surface area (Å²) in [5.41, 5.74) is 2.37. The van der Waals surface area contributed by atoms with Gasteiger partial charge in [0.2, 0.25) is 5.95 Å². The Kier molecular flexibility index (Phi) is 7.00. The molecule has 2 N–H and O–H groups in total. The number of halogens is 3. The highest BCUT2D eigenvalue weighted by Crippen LogP contribution is 2.33. The van der Waals surface area contributed by atoms with Crippen LogP contribution in [0.3, 0.4) is 0 Å². The van der Waals surface area contributed by atoms with Gasteiger partial charge in [-0.05, 0) is 42.5 Å². The third kappa shape index (κ3) is 5.11. The maximum atomic E-state index is 13.3. The average Bonchev–Trinajstić information content (AvgIpc) is 3.17. The number of imidazole rings is 1. The molecule has 0 radical (unpaired) electrons. The zero-order chi connectivity index (χ0) is 25.2. The van der Waals surface area contributed by atoms with Crippen LogP contribution in [0.1, 0.15) is 10.4 Å². The van der Waals surface area contributed by atoms with Crippen LogP contribution in [-0.4, -0.2) is 33.1 Å². The van der Waals surface area contributed by atoms with Gasteiger partial charge in [-0.2, -0.15) is 0 Å². The summed E-state index contributed by atoms with van der Waals surface area (Å²) < 4.78 is 8.93. The molecule has 1 aromatic heterocycles. The lowest BCUT2D eigenvalue weighted by atomic mass is 10.1. The first-order valence-electron chi connectivity index (χ1n) is 11.0. The Balaban J connectivity index is 1.54. The van der Waals surface area contributed by atoms with Crippen molar-refractivity contribution in [2.24, 2.45) is 12.0 Å². The second kappa shape index (κ2) is 10.3. The minimum Gasteiger partial charge on any atom is -0.456 e. The second-order valence-corrected chi connectivity index (χ2v) is 9.94. The van der Waals surface area contributed by atoms with E-state index in [1.165, 1.54) is 0 Å². The molecule has 0 aliphatic carbocycles. The van der Waals surface area contributed by atoms with Crippen LogP contribution in [0, 0.1) is 0 Å². The molecule has 2 unspecified atom stereocenters. The van der Waals surface area contributed by atoms with Crippen LogP contribution in [0.5, 0.6) is 11.5 Å². The van der Waals surface area contributed by atoms with Crippen LogP contribution in [-0.2, 0) is 7.05 Å². The Morgan fingerprint density at radius 2 is 1.86 bits per heavy atom. The number of carbonyl (C=O) groups excluding carboxylic acids is 1. The number of carbonyl (C=O) groups is 1. The molecule has 0 spiro atoms. The van der Waals surface area contributed by atoms with Gasteiger partial charge in [0.1, 0.15) is 11.5 Å². The lowest BCUT2D eigenvalue weighted by Crippen LogP contribution is -2.34. The highest BCUT2D eigenvalue weighted by molar-refractivity contribution is 9.10. The van der Waals surface area contributed by atoms with E-state index in [-0.39, 0.29) is 11.9 Å². The minimum atomic E-state index is -0.438. The first-order valence-corrected chi connectivity index (χ1v) is 12.6. The van der Waals surface area contributed by atoms with Crippen molar-refractivity contribution < 1.29 is 9.53 Å². The zero-order valence-electron chi connectivity index (χ0n) is 19.0.